The summed E-state index contributed by atoms with van der Waals surface area (Å²) in [5, 5.41) is 4.75. The fourth-order valence-corrected chi connectivity index (χ4v) is 3.15. The lowest BCUT2D eigenvalue weighted by Gasteiger charge is -2.26. The van der Waals surface area contributed by atoms with Crippen molar-refractivity contribution in [1.82, 2.24) is 9.88 Å². The molecule has 1 amide bonds. The average molecular weight is 341 g/mol. The summed E-state index contributed by atoms with van der Waals surface area (Å²) >= 11 is 0. The first kappa shape index (κ1) is 17.5. The number of carbonyl (C=O) groups is 1. The van der Waals surface area contributed by atoms with Crippen molar-refractivity contribution in [1.29, 1.82) is 0 Å². The molecule has 3 rings (SSSR count). The monoisotopic (exact) mass is 341 g/mol. The molecular weight excluding hydrogens is 314 g/mol. The van der Waals surface area contributed by atoms with E-state index >= 15 is 0 Å². The van der Waals surface area contributed by atoms with E-state index in [1.807, 2.05) is 44.0 Å². The fraction of sp³-hybridized carbons (Fsp3) is 0.500. The standard InChI is InChI=1S/C20H27N3O2/c1-20(2,3)25-19(24)23-12-5-7-16(10-13-23)22-17-8-9-18-15(14-17)6-4-11-21-18/h4,6,8-9,11,14,16,22H,5,7,10,12-13H2,1-3H3. The van der Waals surface area contributed by atoms with E-state index in [2.05, 4.69) is 28.5 Å². The average Bonchev–Trinajstić information content (AvgIpc) is 2.79. The first-order valence-corrected chi connectivity index (χ1v) is 9.00. The predicted molar refractivity (Wildman–Crippen MR) is 101 cm³/mol. The van der Waals surface area contributed by atoms with Crippen molar-refractivity contribution in [3.05, 3.63) is 36.5 Å². The highest BCUT2D eigenvalue weighted by Gasteiger charge is 2.25. The van der Waals surface area contributed by atoms with E-state index in [4.69, 9.17) is 4.74 Å². The molecule has 134 valence electrons. The Morgan fingerprint density at radius 1 is 1.24 bits per heavy atom. The number of nitrogens with one attached hydrogen (secondary N) is 1. The quantitative estimate of drug-likeness (QED) is 0.877. The second-order valence-electron chi connectivity index (χ2n) is 7.65. The van der Waals surface area contributed by atoms with Crippen molar-refractivity contribution in [2.45, 2.75) is 51.7 Å². The van der Waals surface area contributed by atoms with Crippen LogP contribution in [0.2, 0.25) is 0 Å². The first-order valence-electron chi connectivity index (χ1n) is 9.00. The van der Waals surface area contributed by atoms with E-state index in [0.717, 1.165) is 48.9 Å². The topological polar surface area (TPSA) is 54.5 Å². The van der Waals surface area contributed by atoms with Crippen molar-refractivity contribution in [2.75, 3.05) is 18.4 Å². The number of aromatic nitrogens is 1. The molecule has 0 radical (unpaired) electrons. The number of ether oxygens (including phenoxy) is 1. The van der Waals surface area contributed by atoms with Gasteiger partial charge in [-0.2, -0.15) is 0 Å². The Hall–Kier alpha value is -2.30. The maximum absolute atomic E-state index is 12.3. The van der Waals surface area contributed by atoms with Gasteiger partial charge in [0.15, 0.2) is 0 Å². The molecule has 1 aliphatic rings. The molecular formula is C20H27N3O2. The van der Waals surface area contributed by atoms with E-state index in [9.17, 15) is 4.79 Å². The number of hydrogen-bond acceptors (Lipinski definition) is 4. The lowest BCUT2D eigenvalue weighted by atomic mass is 10.1. The van der Waals surface area contributed by atoms with Crippen LogP contribution in [0.5, 0.6) is 0 Å². The Balaban J connectivity index is 1.60. The normalized spacial score (nSPS) is 18.7. The number of pyridine rings is 1. The van der Waals surface area contributed by atoms with Crippen LogP contribution >= 0.6 is 0 Å². The van der Waals surface area contributed by atoms with Crippen LogP contribution in [-0.4, -0.2) is 40.7 Å². The molecule has 0 aliphatic carbocycles. The van der Waals surface area contributed by atoms with Crippen LogP contribution in [-0.2, 0) is 4.74 Å². The molecule has 2 aromatic rings. The molecule has 0 spiro atoms. The highest BCUT2D eigenvalue weighted by atomic mass is 16.6. The largest absolute Gasteiger partial charge is 0.444 e. The summed E-state index contributed by atoms with van der Waals surface area (Å²) in [6.07, 6.45) is 4.55. The SMILES string of the molecule is CC(C)(C)OC(=O)N1CCCC(Nc2ccc3ncccc3c2)CC1. The van der Waals surface area contributed by atoms with E-state index in [-0.39, 0.29) is 6.09 Å². The maximum Gasteiger partial charge on any atom is 0.410 e. The molecule has 25 heavy (non-hydrogen) atoms. The van der Waals surface area contributed by atoms with Crippen LogP contribution in [0, 0.1) is 0 Å². The van der Waals surface area contributed by atoms with E-state index < -0.39 is 5.60 Å². The smallest absolute Gasteiger partial charge is 0.410 e. The number of anilines is 1. The van der Waals surface area contributed by atoms with Gasteiger partial charge in [-0.05, 0) is 64.3 Å². The van der Waals surface area contributed by atoms with Crippen LogP contribution < -0.4 is 5.32 Å². The van der Waals surface area contributed by atoms with Gasteiger partial charge in [-0.25, -0.2) is 4.79 Å². The third-order valence-corrected chi connectivity index (χ3v) is 4.35. The van der Waals surface area contributed by atoms with Crippen LogP contribution in [0.25, 0.3) is 10.9 Å². The number of amides is 1. The van der Waals surface area contributed by atoms with E-state index in [0.29, 0.717) is 6.04 Å². The highest BCUT2D eigenvalue weighted by molar-refractivity contribution is 5.82. The molecule has 1 saturated heterocycles. The zero-order valence-electron chi connectivity index (χ0n) is 15.3. The van der Waals surface area contributed by atoms with Gasteiger partial charge in [-0.3, -0.25) is 4.98 Å². The summed E-state index contributed by atoms with van der Waals surface area (Å²) in [4.78, 5) is 18.4. The lowest BCUT2D eigenvalue weighted by Crippen LogP contribution is -2.37. The van der Waals surface area contributed by atoms with Gasteiger partial charge >= 0.3 is 6.09 Å². The minimum absolute atomic E-state index is 0.204. The van der Waals surface area contributed by atoms with Gasteiger partial charge in [-0.1, -0.05) is 6.07 Å². The van der Waals surface area contributed by atoms with Crippen molar-refractivity contribution < 1.29 is 9.53 Å². The lowest BCUT2D eigenvalue weighted by molar-refractivity contribution is 0.0256. The Labute approximate surface area is 149 Å². The number of rotatable bonds is 2. The Morgan fingerprint density at radius 2 is 2.08 bits per heavy atom. The molecule has 5 heteroatoms. The zero-order valence-corrected chi connectivity index (χ0v) is 15.3. The molecule has 1 fully saturated rings. The molecule has 1 aromatic heterocycles. The Bertz CT molecular complexity index is 739. The first-order chi connectivity index (χ1) is 11.9. The number of fused-ring (bicyclic) bond motifs is 1. The van der Waals surface area contributed by atoms with Crippen LogP contribution in [0.15, 0.2) is 36.5 Å². The van der Waals surface area contributed by atoms with Crippen molar-refractivity contribution in [2.24, 2.45) is 0 Å². The third-order valence-electron chi connectivity index (χ3n) is 4.35. The van der Waals surface area contributed by atoms with Crippen molar-refractivity contribution >= 4 is 22.7 Å². The second kappa shape index (κ2) is 7.30. The van der Waals surface area contributed by atoms with Crippen molar-refractivity contribution in [3.8, 4) is 0 Å². The second-order valence-corrected chi connectivity index (χ2v) is 7.65. The summed E-state index contributed by atoms with van der Waals surface area (Å²) in [6.45, 7) is 7.20. The van der Waals surface area contributed by atoms with Gasteiger partial charge < -0.3 is 15.0 Å². The fourth-order valence-electron chi connectivity index (χ4n) is 3.15. The minimum Gasteiger partial charge on any atom is -0.444 e. The molecule has 0 saturated carbocycles. The number of likely N-dealkylation sites (tertiary alicyclic amines) is 1. The summed E-state index contributed by atoms with van der Waals surface area (Å²) in [5.41, 5.74) is 1.67. The molecule has 1 aliphatic heterocycles. The summed E-state index contributed by atoms with van der Waals surface area (Å²) < 4.78 is 5.49. The van der Waals surface area contributed by atoms with Gasteiger partial charge in [0.05, 0.1) is 5.52 Å². The number of benzene rings is 1. The van der Waals surface area contributed by atoms with Crippen molar-refractivity contribution in [3.63, 3.8) is 0 Å². The number of nitrogens with zero attached hydrogens (tertiary/aromatic N) is 2. The van der Waals surface area contributed by atoms with Gasteiger partial charge in [0.1, 0.15) is 5.60 Å². The molecule has 5 nitrogen and oxygen atoms in total. The molecule has 1 atom stereocenters. The van der Waals surface area contributed by atoms with Gasteiger partial charge in [0, 0.05) is 36.4 Å². The summed E-state index contributed by atoms with van der Waals surface area (Å²) in [7, 11) is 0. The van der Waals surface area contributed by atoms with Gasteiger partial charge in [0.2, 0.25) is 0 Å². The molecule has 1 N–H and O–H groups in total. The molecule has 1 aromatic carbocycles. The molecule has 0 bridgehead atoms. The number of hydrogen-bond donors (Lipinski definition) is 1. The van der Waals surface area contributed by atoms with Crippen LogP contribution in [0.3, 0.4) is 0 Å². The summed E-state index contributed by atoms with van der Waals surface area (Å²) in [5.74, 6) is 0. The predicted octanol–water partition coefficient (Wildman–Crippen LogP) is 4.44. The zero-order chi connectivity index (χ0) is 17.9. The minimum atomic E-state index is -0.444. The van der Waals surface area contributed by atoms with Crippen LogP contribution in [0.4, 0.5) is 10.5 Å². The van der Waals surface area contributed by atoms with Gasteiger partial charge in [0.25, 0.3) is 0 Å². The molecule has 1 unspecified atom stereocenters. The third kappa shape index (κ3) is 4.84. The van der Waals surface area contributed by atoms with E-state index in [1.165, 1.54) is 0 Å². The number of carbonyl (C=O) groups excluding carboxylic acids is 1. The Morgan fingerprint density at radius 3 is 2.88 bits per heavy atom. The van der Waals surface area contributed by atoms with Crippen LogP contribution in [0.1, 0.15) is 40.0 Å². The summed E-state index contributed by atoms with van der Waals surface area (Å²) in [6, 6.07) is 10.6. The highest BCUT2D eigenvalue weighted by Crippen LogP contribution is 2.21. The molecule has 2 heterocycles. The maximum atomic E-state index is 12.3. The van der Waals surface area contributed by atoms with Gasteiger partial charge in [-0.15, -0.1) is 0 Å². The van der Waals surface area contributed by atoms with E-state index in [1.54, 1.807) is 0 Å². The Kier molecular flexibility index (Phi) is 5.11.